The second-order valence-electron chi connectivity index (χ2n) is 6.38. The highest BCUT2D eigenvalue weighted by atomic mass is 35.5. The minimum Gasteiger partial charge on any atom is -0.491 e. The molecule has 156 valence electrons. The molecule has 0 spiro atoms. The van der Waals surface area contributed by atoms with Gasteiger partial charge in [0.15, 0.2) is 23.0 Å². The van der Waals surface area contributed by atoms with Gasteiger partial charge in [0.1, 0.15) is 12.7 Å². The molecule has 0 amide bonds. The van der Waals surface area contributed by atoms with E-state index in [1.54, 1.807) is 12.1 Å². The average Bonchev–Trinajstić information content (AvgIpc) is 3.25. The highest BCUT2D eigenvalue weighted by Gasteiger charge is 2.15. The molecule has 0 saturated heterocycles. The molecule has 0 unspecified atom stereocenters. The van der Waals surface area contributed by atoms with E-state index in [4.69, 9.17) is 42.1 Å². The first-order valence-electron chi connectivity index (χ1n) is 9.05. The normalized spacial score (nSPS) is 12.4. The van der Waals surface area contributed by atoms with Gasteiger partial charge in [-0.15, -0.1) is 0 Å². The van der Waals surface area contributed by atoms with Gasteiger partial charge in [0, 0.05) is 24.0 Å². The summed E-state index contributed by atoms with van der Waals surface area (Å²) in [5, 5.41) is 10.3. The third-order valence-corrected chi connectivity index (χ3v) is 5.06. The molecule has 3 aromatic rings. The molecule has 31 heavy (non-hydrogen) atoms. The Balaban J connectivity index is 1.62. The molecule has 0 aliphatic carbocycles. The Hall–Kier alpha value is -3.47. The van der Waals surface area contributed by atoms with Gasteiger partial charge in [0.25, 0.3) is 0 Å². The summed E-state index contributed by atoms with van der Waals surface area (Å²) in [5.74, 6) is 2.23. The van der Waals surface area contributed by atoms with Crippen molar-refractivity contribution >= 4 is 34.9 Å². The number of benzene rings is 1. The lowest BCUT2D eigenvalue weighted by molar-refractivity contribution is 0.174. The Morgan fingerprint density at radius 1 is 1.13 bits per heavy atom. The van der Waals surface area contributed by atoms with Gasteiger partial charge in [0.05, 0.1) is 34.6 Å². The van der Waals surface area contributed by atoms with Crippen molar-refractivity contribution in [1.82, 2.24) is 9.97 Å². The standard InChI is InChI=1S/C22H15Cl2N3O4/c1-28-22-10-27-18(14(7-25)5-15-16(23)8-26-9-17(15)24)6-21(22)29-11-13-2-3-19-20(4-13)31-12-30-19/h2-6,8-10H,11-12H2,1H3/b14-5+. The maximum atomic E-state index is 9.68. The van der Waals surface area contributed by atoms with Crippen LogP contribution in [0.15, 0.2) is 42.9 Å². The van der Waals surface area contributed by atoms with Gasteiger partial charge >= 0.3 is 0 Å². The molecule has 1 aromatic carbocycles. The molecular weight excluding hydrogens is 441 g/mol. The second kappa shape index (κ2) is 9.13. The van der Waals surface area contributed by atoms with E-state index in [9.17, 15) is 5.26 Å². The van der Waals surface area contributed by atoms with Crippen LogP contribution in [-0.4, -0.2) is 23.9 Å². The number of nitriles is 1. The summed E-state index contributed by atoms with van der Waals surface area (Å²) in [4.78, 5) is 8.22. The third kappa shape index (κ3) is 4.50. The molecule has 1 aliphatic heterocycles. The summed E-state index contributed by atoms with van der Waals surface area (Å²) < 4.78 is 22.0. The average molecular weight is 456 g/mol. The molecular formula is C22H15Cl2N3O4. The van der Waals surface area contributed by atoms with Crippen LogP contribution in [0.25, 0.3) is 11.6 Å². The van der Waals surface area contributed by atoms with Crippen molar-refractivity contribution in [3.05, 3.63) is 69.7 Å². The molecule has 9 heteroatoms. The number of halogens is 2. The van der Waals surface area contributed by atoms with E-state index in [0.29, 0.717) is 44.3 Å². The van der Waals surface area contributed by atoms with E-state index in [-0.39, 0.29) is 19.0 Å². The number of pyridine rings is 2. The minimum absolute atomic E-state index is 0.204. The number of rotatable bonds is 6. The van der Waals surface area contributed by atoms with E-state index in [1.165, 1.54) is 25.7 Å². The van der Waals surface area contributed by atoms with Crippen molar-refractivity contribution in [1.29, 1.82) is 5.26 Å². The topological polar surface area (TPSA) is 86.5 Å². The highest BCUT2D eigenvalue weighted by molar-refractivity contribution is 6.37. The fourth-order valence-electron chi connectivity index (χ4n) is 2.90. The van der Waals surface area contributed by atoms with Crippen molar-refractivity contribution < 1.29 is 18.9 Å². The fourth-order valence-corrected chi connectivity index (χ4v) is 3.37. The van der Waals surface area contributed by atoms with E-state index in [2.05, 4.69) is 16.0 Å². The van der Waals surface area contributed by atoms with Crippen molar-refractivity contribution in [3.63, 3.8) is 0 Å². The fraction of sp³-hybridized carbons (Fsp3) is 0.136. The zero-order valence-corrected chi connectivity index (χ0v) is 17.8. The quantitative estimate of drug-likeness (QED) is 0.474. The van der Waals surface area contributed by atoms with Crippen LogP contribution in [0.3, 0.4) is 0 Å². The third-order valence-electron chi connectivity index (χ3n) is 4.46. The van der Waals surface area contributed by atoms with Crippen molar-refractivity contribution in [3.8, 4) is 29.1 Å². The number of nitrogens with zero attached hydrogens (tertiary/aromatic N) is 3. The predicted molar refractivity (Wildman–Crippen MR) is 115 cm³/mol. The number of aromatic nitrogens is 2. The van der Waals surface area contributed by atoms with Crippen LogP contribution in [0.4, 0.5) is 0 Å². The molecule has 1 aliphatic rings. The summed E-state index contributed by atoms with van der Waals surface area (Å²) in [7, 11) is 1.52. The summed E-state index contributed by atoms with van der Waals surface area (Å²) >= 11 is 12.3. The highest BCUT2D eigenvalue weighted by Crippen LogP contribution is 2.35. The minimum atomic E-state index is 0.204. The van der Waals surface area contributed by atoms with Gasteiger partial charge in [-0.05, 0) is 23.8 Å². The first kappa shape index (κ1) is 20.8. The number of allylic oxidation sites excluding steroid dienone is 1. The second-order valence-corrected chi connectivity index (χ2v) is 7.20. The van der Waals surface area contributed by atoms with Gasteiger partial charge in [-0.3, -0.25) is 9.97 Å². The van der Waals surface area contributed by atoms with E-state index < -0.39 is 0 Å². The van der Waals surface area contributed by atoms with Crippen LogP contribution in [-0.2, 0) is 6.61 Å². The SMILES string of the molecule is COc1cnc(/C(C#N)=C/c2c(Cl)cncc2Cl)cc1OCc1ccc2c(c1)OCO2. The summed E-state index contributed by atoms with van der Waals surface area (Å²) in [6.45, 7) is 0.458. The Bertz CT molecular complexity index is 1190. The summed E-state index contributed by atoms with van der Waals surface area (Å²) in [6.07, 6.45) is 5.96. The zero-order valence-electron chi connectivity index (χ0n) is 16.3. The Kier molecular flexibility index (Phi) is 6.12. The molecule has 2 aromatic heterocycles. The molecule has 4 rings (SSSR count). The van der Waals surface area contributed by atoms with Crippen LogP contribution in [0.2, 0.25) is 10.0 Å². The molecule has 0 radical (unpaired) electrons. The van der Waals surface area contributed by atoms with Crippen LogP contribution >= 0.6 is 23.2 Å². The van der Waals surface area contributed by atoms with E-state index in [1.807, 2.05) is 18.2 Å². The number of hydrogen-bond donors (Lipinski definition) is 0. The van der Waals surface area contributed by atoms with Gasteiger partial charge in [-0.25, -0.2) is 0 Å². The van der Waals surface area contributed by atoms with Gasteiger partial charge in [0.2, 0.25) is 6.79 Å². The van der Waals surface area contributed by atoms with Gasteiger partial charge in [-0.1, -0.05) is 29.3 Å². The zero-order chi connectivity index (χ0) is 21.8. The first-order chi connectivity index (χ1) is 15.1. The Morgan fingerprint density at radius 2 is 1.90 bits per heavy atom. The van der Waals surface area contributed by atoms with Crippen molar-refractivity contribution in [2.75, 3.05) is 13.9 Å². The number of hydrogen-bond acceptors (Lipinski definition) is 7. The lowest BCUT2D eigenvalue weighted by atomic mass is 10.1. The van der Waals surface area contributed by atoms with Crippen molar-refractivity contribution in [2.45, 2.75) is 6.61 Å². The maximum absolute atomic E-state index is 9.68. The Labute approximate surface area is 188 Å². The lowest BCUT2D eigenvalue weighted by Crippen LogP contribution is -2.00. The first-order valence-corrected chi connectivity index (χ1v) is 9.81. The van der Waals surface area contributed by atoms with Gasteiger partial charge < -0.3 is 18.9 Å². The van der Waals surface area contributed by atoms with Crippen LogP contribution in [0, 0.1) is 11.3 Å². The summed E-state index contributed by atoms with van der Waals surface area (Å²) in [6, 6.07) is 9.32. The van der Waals surface area contributed by atoms with Crippen LogP contribution in [0.5, 0.6) is 23.0 Å². The molecule has 3 heterocycles. The largest absolute Gasteiger partial charge is 0.491 e. The molecule has 0 saturated carbocycles. The summed E-state index contributed by atoms with van der Waals surface area (Å²) in [5.41, 5.74) is 2.00. The molecule has 0 fully saturated rings. The molecule has 0 N–H and O–H groups in total. The van der Waals surface area contributed by atoms with Gasteiger partial charge in [-0.2, -0.15) is 5.26 Å². The number of ether oxygens (including phenoxy) is 4. The molecule has 7 nitrogen and oxygen atoms in total. The monoisotopic (exact) mass is 455 g/mol. The number of fused-ring (bicyclic) bond motifs is 1. The lowest BCUT2D eigenvalue weighted by Gasteiger charge is -2.12. The van der Waals surface area contributed by atoms with Crippen molar-refractivity contribution in [2.24, 2.45) is 0 Å². The smallest absolute Gasteiger partial charge is 0.231 e. The Morgan fingerprint density at radius 3 is 2.65 bits per heavy atom. The number of methoxy groups -OCH3 is 1. The predicted octanol–water partition coefficient (Wildman–Crippen LogP) is 5.16. The maximum Gasteiger partial charge on any atom is 0.231 e. The van der Waals surface area contributed by atoms with Crippen LogP contribution in [0.1, 0.15) is 16.8 Å². The van der Waals surface area contributed by atoms with Crippen LogP contribution < -0.4 is 18.9 Å². The van der Waals surface area contributed by atoms with E-state index >= 15 is 0 Å². The molecule has 0 bridgehead atoms. The molecule has 0 atom stereocenters. The van der Waals surface area contributed by atoms with E-state index in [0.717, 1.165) is 5.56 Å².